The molecule has 0 spiro atoms. The third-order valence-electron chi connectivity index (χ3n) is 3.02. The molecule has 3 N–H and O–H groups in total. The summed E-state index contributed by atoms with van der Waals surface area (Å²) >= 11 is 1.47. The van der Waals surface area contributed by atoms with E-state index in [1.807, 2.05) is 5.38 Å². The lowest BCUT2D eigenvalue weighted by Gasteiger charge is -2.38. The van der Waals surface area contributed by atoms with Crippen LogP contribution >= 0.6 is 11.3 Å². The van der Waals surface area contributed by atoms with Gasteiger partial charge >= 0.3 is 0 Å². The van der Waals surface area contributed by atoms with Crippen LogP contribution in [-0.4, -0.2) is 29.8 Å². The number of nitrogens with zero attached hydrogens (tertiary/aromatic N) is 1. The Kier molecular flexibility index (Phi) is 3.35. The number of hydrogen-bond donors (Lipinski definition) is 2. The minimum Gasteiger partial charge on any atom is -0.385 e. The molecule has 2 heterocycles. The Morgan fingerprint density at radius 2 is 2.60 bits per heavy atom. The van der Waals surface area contributed by atoms with Crippen molar-refractivity contribution in [3.05, 3.63) is 16.6 Å². The molecular weight excluding hydrogens is 212 g/mol. The molecule has 1 fully saturated rings. The SMILES string of the molecule is NCC1(C(O)c2nccs2)CCCOC1. The molecule has 1 aliphatic rings. The summed E-state index contributed by atoms with van der Waals surface area (Å²) in [5, 5.41) is 12.9. The molecule has 4 nitrogen and oxygen atoms in total. The Morgan fingerprint density at radius 3 is 3.13 bits per heavy atom. The fourth-order valence-corrected chi connectivity index (χ4v) is 2.76. The predicted octanol–water partition coefficient (Wildman–Crippen LogP) is 0.932. The van der Waals surface area contributed by atoms with E-state index < -0.39 is 6.10 Å². The number of aliphatic hydroxyl groups is 1. The zero-order valence-electron chi connectivity index (χ0n) is 8.56. The van der Waals surface area contributed by atoms with E-state index >= 15 is 0 Å². The minimum atomic E-state index is -0.595. The van der Waals surface area contributed by atoms with Gasteiger partial charge in [0, 0.05) is 30.1 Å². The summed E-state index contributed by atoms with van der Waals surface area (Å²) in [4.78, 5) is 4.14. The molecule has 2 unspecified atom stereocenters. The summed E-state index contributed by atoms with van der Waals surface area (Å²) in [6.07, 6.45) is 2.98. The molecule has 1 saturated heterocycles. The molecule has 0 aliphatic carbocycles. The number of ether oxygens (including phenoxy) is 1. The predicted molar refractivity (Wildman–Crippen MR) is 58.6 cm³/mol. The zero-order valence-corrected chi connectivity index (χ0v) is 9.37. The molecule has 1 aliphatic heterocycles. The lowest BCUT2D eigenvalue weighted by molar-refractivity contribution is -0.0782. The number of nitrogens with two attached hydrogens (primary N) is 1. The average molecular weight is 228 g/mol. The number of aromatic nitrogens is 1. The maximum absolute atomic E-state index is 10.3. The molecular formula is C10H16N2O2S. The Labute approximate surface area is 93.1 Å². The molecule has 2 atom stereocenters. The molecule has 1 aromatic heterocycles. The molecule has 5 heteroatoms. The van der Waals surface area contributed by atoms with Crippen LogP contribution in [0.25, 0.3) is 0 Å². The maximum Gasteiger partial charge on any atom is 0.122 e. The first kappa shape index (κ1) is 11.0. The second-order valence-electron chi connectivity index (χ2n) is 4.00. The minimum absolute atomic E-state index is 0.337. The molecule has 84 valence electrons. The Bertz CT molecular complexity index is 296. The van der Waals surface area contributed by atoms with Crippen LogP contribution in [0.4, 0.5) is 0 Å². The Balaban J connectivity index is 2.18. The van der Waals surface area contributed by atoms with Gasteiger partial charge in [0.15, 0.2) is 0 Å². The molecule has 0 radical (unpaired) electrons. The van der Waals surface area contributed by atoms with E-state index in [4.69, 9.17) is 10.5 Å². The lowest BCUT2D eigenvalue weighted by Crippen LogP contribution is -2.43. The second kappa shape index (κ2) is 4.57. The van der Waals surface area contributed by atoms with Crippen LogP contribution in [0, 0.1) is 5.41 Å². The fraction of sp³-hybridized carbons (Fsp3) is 0.700. The van der Waals surface area contributed by atoms with Gasteiger partial charge in [0.2, 0.25) is 0 Å². The third-order valence-corrected chi connectivity index (χ3v) is 3.85. The number of thiazole rings is 1. The van der Waals surface area contributed by atoms with Crippen molar-refractivity contribution < 1.29 is 9.84 Å². The van der Waals surface area contributed by atoms with Crippen LogP contribution in [0.2, 0.25) is 0 Å². The van der Waals surface area contributed by atoms with E-state index in [0.29, 0.717) is 13.2 Å². The summed E-state index contributed by atoms with van der Waals surface area (Å²) in [6.45, 7) is 1.74. The van der Waals surface area contributed by atoms with Crippen molar-refractivity contribution in [1.82, 2.24) is 4.98 Å². The van der Waals surface area contributed by atoms with Crippen LogP contribution < -0.4 is 5.73 Å². The number of hydrogen-bond acceptors (Lipinski definition) is 5. The summed E-state index contributed by atoms with van der Waals surface area (Å²) in [5.41, 5.74) is 5.44. The zero-order chi connectivity index (χ0) is 10.7. The van der Waals surface area contributed by atoms with Gasteiger partial charge in [-0.25, -0.2) is 4.98 Å². The van der Waals surface area contributed by atoms with Gasteiger partial charge in [-0.15, -0.1) is 11.3 Å². The highest BCUT2D eigenvalue weighted by Crippen LogP contribution is 2.40. The molecule has 1 aromatic rings. The van der Waals surface area contributed by atoms with Crippen LogP contribution in [0.1, 0.15) is 24.0 Å². The molecule has 15 heavy (non-hydrogen) atoms. The van der Waals surface area contributed by atoms with E-state index in [9.17, 15) is 5.11 Å². The van der Waals surface area contributed by atoms with Gasteiger partial charge in [-0.3, -0.25) is 0 Å². The topological polar surface area (TPSA) is 68.4 Å². The molecule has 0 amide bonds. The third kappa shape index (κ3) is 2.06. The van der Waals surface area contributed by atoms with Crippen LogP contribution in [0.5, 0.6) is 0 Å². The summed E-state index contributed by atoms with van der Waals surface area (Å²) in [5.74, 6) is 0. The van der Waals surface area contributed by atoms with Gasteiger partial charge in [-0.1, -0.05) is 0 Å². The van der Waals surface area contributed by atoms with Gasteiger partial charge in [-0.2, -0.15) is 0 Å². The van der Waals surface area contributed by atoms with Crippen LogP contribution in [0.15, 0.2) is 11.6 Å². The highest BCUT2D eigenvalue weighted by molar-refractivity contribution is 7.09. The normalized spacial score (nSPS) is 28.9. The van der Waals surface area contributed by atoms with Crippen molar-refractivity contribution in [1.29, 1.82) is 0 Å². The van der Waals surface area contributed by atoms with Crippen LogP contribution in [0.3, 0.4) is 0 Å². The number of rotatable bonds is 3. The number of aliphatic hydroxyl groups excluding tert-OH is 1. The van der Waals surface area contributed by atoms with Gasteiger partial charge in [-0.05, 0) is 12.8 Å². The fourth-order valence-electron chi connectivity index (χ4n) is 1.99. The molecule has 0 bridgehead atoms. The van der Waals surface area contributed by atoms with E-state index in [-0.39, 0.29) is 5.41 Å². The standard InChI is InChI=1S/C10H16N2O2S/c11-6-10(2-1-4-14-7-10)8(13)9-12-3-5-15-9/h3,5,8,13H,1-2,4,6-7,11H2. The highest BCUT2D eigenvalue weighted by atomic mass is 32.1. The van der Waals surface area contributed by atoms with Crippen molar-refractivity contribution in [2.45, 2.75) is 18.9 Å². The van der Waals surface area contributed by atoms with Crippen molar-refractivity contribution in [2.75, 3.05) is 19.8 Å². The maximum atomic E-state index is 10.3. The Hall–Kier alpha value is -0.490. The van der Waals surface area contributed by atoms with Gasteiger partial charge in [0.25, 0.3) is 0 Å². The van der Waals surface area contributed by atoms with Crippen LogP contribution in [-0.2, 0) is 4.74 Å². The largest absolute Gasteiger partial charge is 0.385 e. The molecule has 0 aromatic carbocycles. The highest BCUT2D eigenvalue weighted by Gasteiger charge is 2.40. The van der Waals surface area contributed by atoms with E-state index in [2.05, 4.69) is 4.98 Å². The first-order chi connectivity index (χ1) is 7.28. The van der Waals surface area contributed by atoms with Crippen molar-refractivity contribution in [3.63, 3.8) is 0 Å². The first-order valence-corrected chi connectivity index (χ1v) is 6.02. The summed E-state index contributed by atoms with van der Waals surface area (Å²) in [6, 6.07) is 0. The van der Waals surface area contributed by atoms with E-state index in [0.717, 1.165) is 24.5 Å². The second-order valence-corrected chi connectivity index (χ2v) is 4.92. The first-order valence-electron chi connectivity index (χ1n) is 5.14. The summed E-state index contributed by atoms with van der Waals surface area (Å²) in [7, 11) is 0. The smallest absolute Gasteiger partial charge is 0.122 e. The lowest BCUT2D eigenvalue weighted by atomic mass is 9.77. The summed E-state index contributed by atoms with van der Waals surface area (Å²) < 4.78 is 5.43. The van der Waals surface area contributed by atoms with E-state index in [1.165, 1.54) is 11.3 Å². The van der Waals surface area contributed by atoms with Gasteiger partial charge in [0.05, 0.1) is 6.61 Å². The molecule has 2 rings (SSSR count). The van der Waals surface area contributed by atoms with Crippen molar-refractivity contribution in [2.24, 2.45) is 11.1 Å². The van der Waals surface area contributed by atoms with E-state index in [1.54, 1.807) is 6.20 Å². The quantitative estimate of drug-likeness (QED) is 0.807. The Morgan fingerprint density at radius 1 is 1.73 bits per heavy atom. The molecule has 0 saturated carbocycles. The van der Waals surface area contributed by atoms with Gasteiger partial charge in [0.1, 0.15) is 11.1 Å². The average Bonchev–Trinajstić information content (AvgIpc) is 2.82. The monoisotopic (exact) mass is 228 g/mol. The van der Waals surface area contributed by atoms with Crippen molar-refractivity contribution in [3.8, 4) is 0 Å². The van der Waals surface area contributed by atoms with Crippen molar-refractivity contribution >= 4 is 11.3 Å². The van der Waals surface area contributed by atoms with Gasteiger partial charge < -0.3 is 15.6 Å².